The van der Waals surface area contributed by atoms with Crippen molar-refractivity contribution >= 4 is 260 Å². The van der Waals surface area contributed by atoms with Crippen LogP contribution in [0.1, 0.15) is 11.1 Å². The van der Waals surface area contributed by atoms with Crippen LogP contribution in [0.5, 0.6) is 0 Å². The van der Waals surface area contributed by atoms with Gasteiger partial charge >= 0.3 is 0 Å². The Bertz CT molecular complexity index is 10400. The first-order chi connectivity index (χ1) is 68.0. The number of imidazole rings is 3. The van der Waals surface area contributed by atoms with E-state index in [9.17, 15) is 0 Å². The molecular weight excluding hydrogens is 1740 g/mol. The number of rotatable bonds is 9. The fourth-order valence-corrected chi connectivity index (χ4v) is 30.8. The quantitative estimate of drug-likeness (QED) is 0.0794. The van der Waals surface area contributed by atoms with Gasteiger partial charge in [-0.25, -0.2) is 24.9 Å². The molecule has 7 heterocycles. The van der Waals surface area contributed by atoms with Gasteiger partial charge in [0.05, 0.1) is 49.7 Å². The Morgan fingerprint density at radius 3 is 1.28 bits per heavy atom. The number of pyridine rings is 3. The summed E-state index contributed by atoms with van der Waals surface area (Å²) in [7, 11) is -10.3. The third kappa shape index (κ3) is 11.9. The molecule has 3 atom stereocenters. The third-order valence-corrected chi connectivity index (χ3v) is 37.7. The van der Waals surface area contributed by atoms with E-state index in [0.29, 0.717) is 16.2 Å². The fraction of sp³-hybridized carbons (Fsp3) is 0.00806. The van der Waals surface area contributed by atoms with Gasteiger partial charge < -0.3 is 13.7 Å². The number of aromatic nitrogens is 8. The molecule has 0 N–H and O–H groups in total. The van der Waals surface area contributed by atoms with Crippen molar-refractivity contribution in [2.75, 3.05) is 0 Å². The highest BCUT2D eigenvalue weighted by Crippen LogP contribution is 2.53. The van der Waals surface area contributed by atoms with Crippen LogP contribution >= 0.6 is 21.4 Å². The molecule has 646 valence electrons. The number of nitrogens with zero attached hydrogens (tertiary/aromatic N) is 8. The first-order valence-electron chi connectivity index (χ1n) is 46.6. The number of hydrogen-bond donors (Lipinski definition) is 0. The number of hydrogen-bond acceptors (Lipinski definition) is 8. The Morgan fingerprint density at radius 2 is 0.645 bits per heavy atom. The van der Waals surface area contributed by atoms with Gasteiger partial charge in [-0.3, -0.25) is 13.2 Å². The van der Waals surface area contributed by atoms with Gasteiger partial charge in [0, 0.05) is 86.3 Å². The summed E-state index contributed by atoms with van der Waals surface area (Å²) in [6.45, 7) is 0. The molecule has 0 fully saturated rings. The zero-order chi connectivity index (χ0) is 91.2. The van der Waals surface area contributed by atoms with Gasteiger partial charge in [-0.05, 0) is 225 Å². The average molecular weight is 1820 g/mol. The van der Waals surface area contributed by atoms with E-state index in [4.69, 9.17) is 19.9 Å². The number of benzene rings is 22. The molecule has 0 aliphatic heterocycles. The minimum atomic E-state index is -3.56. The Balaban J connectivity index is 0.000000102. The molecule has 0 saturated carbocycles. The van der Waals surface area contributed by atoms with Crippen LogP contribution in [0.25, 0.3) is 202 Å². The second-order valence-corrected chi connectivity index (χ2v) is 44.3. The average Bonchev–Trinajstić information content (AvgIpc) is 1.40. The molecule has 11 nitrogen and oxygen atoms in total. The summed E-state index contributed by atoms with van der Waals surface area (Å²) in [6.07, 6.45) is 2.66. The van der Waals surface area contributed by atoms with Gasteiger partial charge in [0.2, 0.25) is 7.14 Å². The summed E-state index contributed by atoms with van der Waals surface area (Å²) in [5.41, 5.74) is 17.4. The van der Waals surface area contributed by atoms with Crippen molar-refractivity contribution in [3.8, 4) is 11.1 Å². The van der Waals surface area contributed by atoms with E-state index in [-0.39, 0.29) is 0 Å². The zero-order valence-corrected chi connectivity index (χ0v) is 76.8. The SMILES string of the molecule is O=P(c1ccccc1)(c1cc2ccc3cccc4ccc(c1)c2c34)c1c2ccccc2cc2c3ccccc3n3c4ccccc4nc3c12.O=P(c1ccccc1)(c1ccc2c(c1)-c1ccccc1C2)c1cccc2c1nc1c3cc4ccccc4cc3c3ccccc3n21.O=P(c1ccccc1)(c1ccc2c(c1)nc1c3cc4ccccc4cc3c3ccccc3n21)c1ncc2ccccc2n1. The first kappa shape index (κ1) is 79.6. The van der Waals surface area contributed by atoms with E-state index < -0.39 is 21.4 Å². The summed E-state index contributed by atoms with van der Waals surface area (Å²) in [5.74, 6) is 0. The Hall–Kier alpha value is -16.9. The van der Waals surface area contributed by atoms with E-state index >= 15 is 13.7 Å². The molecule has 0 saturated heterocycles. The molecule has 29 aromatic rings. The second kappa shape index (κ2) is 30.8. The van der Waals surface area contributed by atoms with E-state index in [1.165, 1.54) is 81.5 Å². The lowest BCUT2D eigenvalue weighted by Gasteiger charge is -2.25. The molecule has 14 heteroatoms. The van der Waals surface area contributed by atoms with Crippen LogP contribution in [0.4, 0.5) is 0 Å². The minimum absolute atomic E-state index is 0.322. The van der Waals surface area contributed by atoms with Gasteiger partial charge in [-0.2, -0.15) is 0 Å². The molecule has 138 heavy (non-hydrogen) atoms. The van der Waals surface area contributed by atoms with Crippen LogP contribution in [0.2, 0.25) is 0 Å². The van der Waals surface area contributed by atoms with Crippen LogP contribution in [0, 0.1) is 0 Å². The van der Waals surface area contributed by atoms with Crippen LogP contribution in [-0.4, -0.2) is 38.1 Å². The van der Waals surface area contributed by atoms with Crippen molar-refractivity contribution in [1.82, 2.24) is 38.1 Å². The zero-order valence-electron chi connectivity index (χ0n) is 74.2. The molecule has 0 spiro atoms. The summed E-state index contributed by atoms with van der Waals surface area (Å²) in [5, 5.41) is 31.0. The Morgan fingerprint density at radius 1 is 0.217 bits per heavy atom. The van der Waals surface area contributed by atoms with Gasteiger partial charge in [-0.15, -0.1) is 0 Å². The van der Waals surface area contributed by atoms with Crippen molar-refractivity contribution in [2.45, 2.75) is 6.42 Å². The standard InChI is InChI=1S/C45H27N2OP.C42H27N2OP.C37H23N4OP/c48-49(33-14-2-1-3-15-33,34-25-31-23-21-28-12-10-13-29-22-24-32(26-34)42(31)41(28)29)44-35-16-5-4-11-30(35)27-37-36-17-6-8-19-39(36)47-40-20-9-7-18-38(40)46-45(47)43(37)44;45-46(31-14-2-1-3-15-31,32-22-21-30-23-29-13-6-7-16-33(29)35(30)26-32)40-20-10-19-39-41(40)43-42-37-25-28-12-5-4-11-27(28)24-36(37)34-17-8-9-18-38(34)44(39)42;42-43(27-13-2-1-3-14-27,37-38-23-26-12-6-8-16-32(26)40-37)28-18-19-35-33(22-28)39-36-31-21-25-11-5-4-10-24(25)20-30(31)29-15-7-9-17-34(29)41(35)36/h1-27H;1-22,24-26H,23H2;1-23H. The maximum atomic E-state index is 17.0. The van der Waals surface area contributed by atoms with E-state index in [1.807, 2.05) is 152 Å². The molecule has 0 bridgehead atoms. The van der Waals surface area contributed by atoms with Gasteiger partial charge in [0.15, 0.2) is 19.8 Å². The minimum Gasteiger partial charge on any atom is -0.309 e. The van der Waals surface area contributed by atoms with Crippen molar-refractivity contribution in [2.24, 2.45) is 0 Å². The predicted molar refractivity (Wildman–Crippen MR) is 579 cm³/mol. The third-order valence-electron chi connectivity index (χ3n) is 28.8. The number of fused-ring (bicyclic) bond motifs is 31. The van der Waals surface area contributed by atoms with Gasteiger partial charge in [0.25, 0.3) is 0 Å². The van der Waals surface area contributed by atoms with E-state index in [1.54, 1.807) is 6.20 Å². The molecular formula is C124H77N8O3P3. The van der Waals surface area contributed by atoms with E-state index in [0.717, 1.165) is 170 Å². The van der Waals surface area contributed by atoms with Crippen molar-refractivity contribution in [1.29, 1.82) is 0 Å². The fourth-order valence-electron chi connectivity index (χ4n) is 22.4. The van der Waals surface area contributed by atoms with Gasteiger partial charge in [0.1, 0.15) is 22.5 Å². The lowest BCUT2D eigenvalue weighted by atomic mass is 9.94. The molecule has 3 unspecified atom stereocenters. The summed E-state index contributed by atoms with van der Waals surface area (Å²) < 4.78 is 55.1. The predicted octanol–water partition coefficient (Wildman–Crippen LogP) is 27.2. The Labute approximate surface area is 790 Å². The van der Waals surface area contributed by atoms with Crippen LogP contribution < -0.4 is 48.0 Å². The lowest BCUT2D eigenvalue weighted by molar-refractivity contribution is 0.591. The highest BCUT2D eigenvalue weighted by molar-refractivity contribution is 7.86. The maximum Gasteiger partial charge on any atom is 0.206 e. The van der Waals surface area contributed by atoms with Crippen molar-refractivity contribution in [3.05, 3.63) is 466 Å². The summed E-state index contributed by atoms with van der Waals surface area (Å²) >= 11 is 0. The molecule has 7 aromatic heterocycles. The summed E-state index contributed by atoms with van der Waals surface area (Å²) in [4.78, 5) is 25.4. The van der Waals surface area contributed by atoms with Crippen LogP contribution in [0.15, 0.2) is 455 Å². The van der Waals surface area contributed by atoms with Gasteiger partial charge in [-0.1, -0.05) is 334 Å². The first-order valence-corrected chi connectivity index (χ1v) is 51.7. The lowest BCUT2D eigenvalue weighted by Crippen LogP contribution is -2.29. The van der Waals surface area contributed by atoms with Crippen molar-refractivity contribution in [3.63, 3.8) is 0 Å². The summed E-state index contributed by atoms with van der Waals surface area (Å²) in [6, 6.07) is 155. The molecule has 1 aliphatic carbocycles. The monoisotopic (exact) mass is 1820 g/mol. The normalized spacial score (nSPS) is 13.6. The highest BCUT2D eigenvalue weighted by Gasteiger charge is 2.40. The highest BCUT2D eigenvalue weighted by atomic mass is 31.2. The topological polar surface area (TPSA) is 129 Å². The smallest absolute Gasteiger partial charge is 0.206 e. The van der Waals surface area contributed by atoms with Crippen molar-refractivity contribution < 1.29 is 13.7 Å². The maximum absolute atomic E-state index is 17.0. The molecule has 30 rings (SSSR count). The molecule has 0 radical (unpaired) electrons. The van der Waals surface area contributed by atoms with Crippen LogP contribution in [-0.2, 0) is 20.1 Å². The molecule has 1 aliphatic rings. The largest absolute Gasteiger partial charge is 0.309 e. The Kier molecular flexibility index (Phi) is 17.8. The second-order valence-electron chi connectivity index (χ2n) is 36.2. The molecule has 22 aromatic carbocycles. The number of para-hydroxylation sites is 7. The van der Waals surface area contributed by atoms with E-state index in [2.05, 4.69) is 315 Å². The molecule has 0 amide bonds. The van der Waals surface area contributed by atoms with Crippen LogP contribution in [0.3, 0.4) is 0 Å².